The number of primary amides is 1. The van der Waals surface area contributed by atoms with Crippen LogP contribution >= 0.6 is 0 Å². The van der Waals surface area contributed by atoms with Crippen molar-refractivity contribution in [3.05, 3.63) is 59.7 Å². The summed E-state index contributed by atoms with van der Waals surface area (Å²) in [5.41, 5.74) is 6.04. The highest BCUT2D eigenvalue weighted by atomic mass is 16.5. The summed E-state index contributed by atoms with van der Waals surface area (Å²) in [5, 5.41) is 23.0. The van der Waals surface area contributed by atoms with Crippen LogP contribution in [-0.2, 0) is 0 Å². The first kappa shape index (κ1) is 17.8. The molecule has 2 aromatic rings. The van der Waals surface area contributed by atoms with Crippen LogP contribution in [0.3, 0.4) is 0 Å². The van der Waals surface area contributed by atoms with E-state index in [0.717, 1.165) is 5.56 Å². The fourth-order valence-corrected chi connectivity index (χ4v) is 2.20. The summed E-state index contributed by atoms with van der Waals surface area (Å²) in [6.07, 6.45) is -0.590. The van der Waals surface area contributed by atoms with E-state index < -0.39 is 12.0 Å². The molecule has 0 radical (unpaired) electrons. The van der Waals surface area contributed by atoms with Crippen molar-refractivity contribution in [1.82, 2.24) is 5.32 Å². The Kier molecular flexibility index (Phi) is 6.17. The Labute approximate surface area is 140 Å². The zero-order valence-corrected chi connectivity index (χ0v) is 13.5. The van der Waals surface area contributed by atoms with Crippen molar-refractivity contribution in [2.24, 2.45) is 5.73 Å². The first-order valence-electron chi connectivity index (χ1n) is 7.69. The molecule has 0 aliphatic carbocycles. The maximum absolute atomic E-state index is 11.1. The van der Waals surface area contributed by atoms with E-state index in [-0.39, 0.29) is 17.4 Å². The molecule has 0 bridgehead atoms. The number of amides is 1. The quantitative estimate of drug-likeness (QED) is 0.588. The molecule has 6 heteroatoms. The molecular formula is C18H22N2O4. The van der Waals surface area contributed by atoms with Crippen LogP contribution in [0.2, 0.25) is 0 Å². The summed E-state index contributed by atoms with van der Waals surface area (Å²) < 4.78 is 5.57. The number of hydrogen-bond acceptors (Lipinski definition) is 5. The Morgan fingerprint density at radius 1 is 1.25 bits per heavy atom. The van der Waals surface area contributed by atoms with Crippen LogP contribution in [0, 0.1) is 0 Å². The third kappa shape index (κ3) is 4.97. The summed E-state index contributed by atoms with van der Waals surface area (Å²) in [6, 6.07) is 13.7. The van der Waals surface area contributed by atoms with Gasteiger partial charge < -0.3 is 26.0 Å². The largest absolute Gasteiger partial charge is 0.507 e. The van der Waals surface area contributed by atoms with Gasteiger partial charge in [-0.1, -0.05) is 30.3 Å². The van der Waals surface area contributed by atoms with Crippen molar-refractivity contribution in [3.8, 4) is 11.5 Å². The minimum atomic E-state index is -0.691. The maximum Gasteiger partial charge on any atom is 0.252 e. The van der Waals surface area contributed by atoms with Crippen LogP contribution in [0.25, 0.3) is 0 Å². The maximum atomic E-state index is 11.1. The smallest absolute Gasteiger partial charge is 0.252 e. The second-order valence-electron chi connectivity index (χ2n) is 5.59. The van der Waals surface area contributed by atoms with Gasteiger partial charge in [-0.15, -0.1) is 0 Å². The van der Waals surface area contributed by atoms with Gasteiger partial charge in [0.05, 0.1) is 11.7 Å². The molecule has 2 unspecified atom stereocenters. The Bertz CT molecular complexity index is 676. The summed E-state index contributed by atoms with van der Waals surface area (Å²) >= 11 is 0. The second kappa shape index (κ2) is 8.33. The number of carbonyl (C=O) groups is 1. The Hall–Kier alpha value is -2.57. The number of nitrogens with one attached hydrogen (secondary N) is 1. The van der Waals surface area contributed by atoms with Crippen LogP contribution < -0.4 is 15.8 Å². The third-order valence-corrected chi connectivity index (χ3v) is 3.58. The molecule has 128 valence electrons. The summed E-state index contributed by atoms with van der Waals surface area (Å²) in [6.45, 7) is 2.67. The van der Waals surface area contributed by atoms with E-state index in [1.54, 1.807) is 6.07 Å². The van der Waals surface area contributed by atoms with E-state index in [1.807, 2.05) is 37.3 Å². The lowest BCUT2D eigenvalue weighted by molar-refractivity contribution is 0.0997. The Morgan fingerprint density at radius 3 is 2.58 bits per heavy atom. The molecule has 0 saturated carbocycles. The lowest BCUT2D eigenvalue weighted by atomic mass is 10.1. The number of aliphatic hydroxyl groups is 1. The van der Waals surface area contributed by atoms with Crippen molar-refractivity contribution >= 4 is 5.91 Å². The van der Waals surface area contributed by atoms with Crippen LogP contribution in [0.5, 0.6) is 11.5 Å². The molecule has 0 aliphatic heterocycles. The van der Waals surface area contributed by atoms with E-state index in [2.05, 4.69) is 5.32 Å². The number of nitrogens with two attached hydrogens (primary N) is 1. The summed E-state index contributed by atoms with van der Waals surface area (Å²) in [7, 11) is 0. The van der Waals surface area contributed by atoms with Gasteiger partial charge >= 0.3 is 0 Å². The van der Waals surface area contributed by atoms with Crippen LogP contribution in [0.1, 0.15) is 28.9 Å². The lowest BCUT2D eigenvalue weighted by Crippen LogP contribution is -2.34. The highest BCUT2D eigenvalue weighted by Crippen LogP contribution is 2.23. The van der Waals surface area contributed by atoms with Crippen molar-refractivity contribution in [3.63, 3.8) is 0 Å². The van der Waals surface area contributed by atoms with Gasteiger partial charge in [-0.25, -0.2) is 0 Å². The minimum absolute atomic E-state index is 0.0127. The molecule has 5 N–H and O–H groups in total. The molecule has 0 aromatic heterocycles. The van der Waals surface area contributed by atoms with E-state index in [0.29, 0.717) is 18.9 Å². The molecular weight excluding hydrogens is 308 g/mol. The first-order chi connectivity index (χ1) is 11.5. The predicted octanol–water partition coefficient (Wildman–Crippen LogP) is 1.58. The molecule has 0 saturated heterocycles. The molecule has 0 fully saturated rings. The number of benzene rings is 2. The average Bonchev–Trinajstić information content (AvgIpc) is 2.58. The highest BCUT2D eigenvalue weighted by molar-refractivity contribution is 5.95. The highest BCUT2D eigenvalue weighted by Gasteiger charge is 2.11. The minimum Gasteiger partial charge on any atom is -0.507 e. The van der Waals surface area contributed by atoms with E-state index in [1.165, 1.54) is 12.1 Å². The van der Waals surface area contributed by atoms with Gasteiger partial charge in [-0.05, 0) is 24.6 Å². The molecule has 0 heterocycles. The number of phenols is 1. The van der Waals surface area contributed by atoms with Crippen molar-refractivity contribution in [1.29, 1.82) is 0 Å². The molecule has 2 aromatic carbocycles. The van der Waals surface area contributed by atoms with Crippen molar-refractivity contribution in [2.75, 3.05) is 13.2 Å². The van der Waals surface area contributed by atoms with E-state index in [9.17, 15) is 15.0 Å². The number of hydrogen-bond donors (Lipinski definition) is 4. The van der Waals surface area contributed by atoms with Gasteiger partial charge in [0.2, 0.25) is 0 Å². The standard InChI is InChI=1S/C18H22N2O4/c1-12(20-10-17(22)13-5-3-2-4-6-13)11-24-14-7-8-15(18(19)23)16(21)9-14/h2-9,12,17,20-22H,10-11H2,1H3,(H2,19,23). The van der Waals surface area contributed by atoms with Gasteiger partial charge in [0, 0.05) is 18.7 Å². The van der Waals surface area contributed by atoms with Gasteiger partial charge in [-0.2, -0.15) is 0 Å². The Morgan fingerprint density at radius 2 is 1.96 bits per heavy atom. The molecule has 6 nitrogen and oxygen atoms in total. The van der Waals surface area contributed by atoms with Crippen molar-refractivity contribution < 1.29 is 19.7 Å². The molecule has 1 amide bonds. The summed E-state index contributed by atoms with van der Waals surface area (Å²) in [5.74, 6) is -0.459. The average molecular weight is 330 g/mol. The number of aromatic hydroxyl groups is 1. The van der Waals surface area contributed by atoms with Crippen molar-refractivity contribution in [2.45, 2.75) is 19.1 Å². The SMILES string of the molecule is CC(COc1ccc(C(N)=O)c(O)c1)NCC(O)c1ccccc1. The number of ether oxygens (including phenoxy) is 1. The first-order valence-corrected chi connectivity index (χ1v) is 7.69. The molecule has 2 rings (SSSR count). The zero-order valence-electron chi connectivity index (χ0n) is 13.5. The second-order valence-corrected chi connectivity index (χ2v) is 5.59. The number of rotatable bonds is 8. The van der Waals surface area contributed by atoms with Gasteiger partial charge in [0.1, 0.15) is 18.1 Å². The van der Waals surface area contributed by atoms with Crippen LogP contribution in [0.15, 0.2) is 48.5 Å². The van der Waals surface area contributed by atoms with Gasteiger partial charge in [0.15, 0.2) is 0 Å². The van der Waals surface area contributed by atoms with Gasteiger partial charge in [-0.3, -0.25) is 4.79 Å². The van der Waals surface area contributed by atoms with Crippen LogP contribution in [-0.4, -0.2) is 35.3 Å². The zero-order chi connectivity index (χ0) is 17.5. The predicted molar refractivity (Wildman–Crippen MR) is 91.0 cm³/mol. The third-order valence-electron chi connectivity index (χ3n) is 3.58. The topological polar surface area (TPSA) is 105 Å². The molecule has 0 aliphatic rings. The number of carbonyl (C=O) groups excluding carboxylic acids is 1. The normalized spacial score (nSPS) is 13.2. The van der Waals surface area contributed by atoms with Gasteiger partial charge in [0.25, 0.3) is 5.91 Å². The molecule has 0 spiro atoms. The fraction of sp³-hybridized carbons (Fsp3) is 0.278. The van der Waals surface area contributed by atoms with Crippen LogP contribution in [0.4, 0.5) is 0 Å². The molecule has 2 atom stereocenters. The number of aliphatic hydroxyl groups excluding tert-OH is 1. The Balaban J connectivity index is 1.80. The monoisotopic (exact) mass is 330 g/mol. The van der Waals surface area contributed by atoms with E-state index >= 15 is 0 Å². The summed E-state index contributed by atoms with van der Waals surface area (Å²) in [4.78, 5) is 11.1. The van der Waals surface area contributed by atoms with E-state index in [4.69, 9.17) is 10.5 Å². The molecule has 24 heavy (non-hydrogen) atoms. The fourth-order valence-electron chi connectivity index (χ4n) is 2.20. The lowest BCUT2D eigenvalue weighted by Gasteiger charge is -2.18.